The molecule has 2 aliphatic rings. The third kappa shape index (κ3) is 1.84. The van der Waals surface area contributed by atoms with Crippen molar-refractivity contribution in [3.05, 3.63) is 56.4 Å². The van der Waals surface area contributed by atoms with E-state index in [1.807, 2.05) is 13.0 Å². The molecule has 2 heterocycles. The summed E-state index contributed by atoms with van der Waals surface area (Å²) in [5.74, 6) is -1.11. The van der Waals surface area contributed by atoms with E-state index < -0.39 is 17.4 Å². The Bertz CT molecular complexity index is 957. The van der Waals surface area contributed by atoms with Crippen LogP contribution in [-0.2, 0) is 12.8 Å². The summed E-state index contributed by atoms with van der Waals surface area (Å²) in [6.45, 7) is 1.97. The van der Waals surface area contributed by atoms with Crippen LogP contribution in [0.4, 0.5) is 5.82 Å². The lowest BCUT2D eigenvalue weighted by Crippen LogP contribution is -2.25. The zero-order chi connectivity index (χ0) is 16.3. The van der Waals surface area contributed by atoms with Gasteiger partial charge in [0.25, 0.3) is 17.4 Å². The molecule has 0 bridgehead atoms. The largest absolute Gasteiger partial charge is 0.384 e. The Morgan fingerprint density at radius 2 is 1.87 bits per heavy atom. The van der Waals surface area contributed by atoms with Crippen LogP contribution in [0.15, 0.2) is 23.0 Å². The number of rotatable bonds is 1. The first-order chi connectivity index (χ1) is 11.0. The third-order valence-electron chi connectivity index (χ3n) is 4.53. The van der Waals surface area contributed by atoms with E-state index in [9.17, 15) is 14.4 Å². The number of benzene rings is 1. The maximum atomic E-state index is 12.6. The lowest BCUT2D eigenvalue weighted by molar-refractivity contribution is 0.0880. The van der Waals surface area contributed by atoms with E-state index in [4.69, 9.17) is 5.73 Å². The Kier molecular flexibility index (Phi) is 2.72. The van der Waals surface area contributed by atoms with Crippen LogP contribution in [-0.4, -0.2) is 16.4 Å². The number of carbonyl (C=O) groups is 2. The highest BCUT2D eigenvalue weighted by Gasteiger charge is 2.32. The minimum Gasteiger partial charge on any atom is -0.384 e. The van der Waals surface area contributed by atoms with Gasteiger partial charge >= 0.3 is 0 Å². The highest BCUT2D eigenvalue weighted by atomic mass is 16.2. The molecule has 4 rings (SSSR count). The number of nitrogens with zero attached hydrogens (tertiary/aromatic N) is 1. The topological polar surface area (TPSA) is 94.2 Å². The number of nitrogens with two attached hydrogens (primary N) is 1. The summed E-state index contributed by atoms with van der Waals surface area (Å²) in [7, 11) is 0. The van der Waals surface area contributed by atoms with Crippen LogP contribution in [0.3, 0.4) is 0 Å². The van der Waals surface area contributed by atoms with E-state index in [0.29, 0.717) is 0 Å². The molecular formula is C17H15N3O3. The van der Waals surface area contributed by atoms with Crippen LogP contribution >= 0.6 is 0 Å². The average molecular weight is 309 g/mol. The van der Waals surface area contributed by atoms with Gasteiger partial charge in [0.15, 0.2) is 0 Å². The molecule has 6 heteroatoms. The Morgan fingerprint density at radius 1 is 1.09 bits per heavy atom. The fraction of sp³-hybridized carbons (Fsp3) is 0.235. The van der Waals surface area contributed by atoms with Gasteiger partial charge in [-0.3, -0.25) is 24.3 Å². The molecule has 2 aromatic rings. The van der Waals surface area contributed by atoms with Gasteiger partial charge in [-0.05, 0) is 48.9 Å². The second-order valence-electron chi connectivity index (χ2n) is 6.05. The number of amides is 2. The fourth-order valence-electron chi connectivity index (χ4n) is 3.57. The van der Waals surface area contributed by atoms with Crippen molar-refractivity contribution in [2.75, 3.05) is 5.73 Å². The molecule has 0 radical (unpaired) electrons. The van der Waals surface area contributed by atoms with Crippen molar-refractivity contribution in [1.29, 1.82) is 0 Å². The van der Waals surface area contributed by atoms with Gasteiger partial charge in [-0.25, -0.2) is 0 Å². The molecule has 23 heavy (non-hydrogen) atoms. The summed E-state index contributed by atoms with van der Waals surface area (Å²) in [5.41, 5.74) is 9.92. The summed E-state index contributed by atoms with van der Waals surface area (Å²) in [6.07, 6.45) is 2.88. The summed E-state index contributed by atoms with van der Waals surface area (Å²) in [4.78, 5) is 36.3. The summed E-state index contributed by atoms with van der Waals surface area (Å²) >= 11 is 0. The van der Waals surface area contributed by atoms with E-state index in [1.54, 1.807) is 0 Å². The number of hydrogen-bond donors (Lipinski definition) is 2. The first kappa shape index (κ1) is 13.8. The van der Waals surface area contributed by atoms with Crippen LogP contribution in [0.25, 0.3) is 5.69 Å². The Balaban J connectivity index is 2.06. The number of imide groups is 1. The smallest absolute Gasteiger partial charge is 0.262 e. The van der Waals surface area contributed by atoms with Crippen LogP contribution in [0.5, 0.6) is 0 Å². The van der Waals surface area contributed by atoms with Gasteiger partial charge in [0.05, 0.1) is 16.8 Å². The normalized spacial score (nSPS) is 15.5. The molecule has 1 aromatic carbocycles. The third-order valence-corrected chi connectivity index (χ3v) is 4.53. The minimum absolute atomic E-state index is 0.0237. The van der Waals surface area contributed by atoms with Crippen molar-refractivity contribution < 1.29 is 9.59 Å². The predicted octanol–water partition coefficient (Wildman–Crippen LogP) is 1.10. The van der Waals surface area contributed by atoms with Crippen LogP contribution in [0.1, 0.15) is 43.8 Å². The number of anilines is 1. The Morgan fingerprint density at radius 3 is 2.65 bits per heavy atom. The zero-order valence-electron chi connectivity index (χ0n) is 12.6. The minimum atomic E-state index is -0.574. The quantitative estimate of drug-likeness (QED) is 0.771. The van der Waals surface area contributed by atoms with Gasteiger partial charge in [-0.1, -0.05) is 6.07 Å². The molecule has 1 aliphatic carbocycles. The van der Waals surface area contributed by atoms with Gasteiger partial charge in [0, 0.05) is 6.07 Å². The molecule has 1 aromatic heterocycles. The van der Waals surface area contributed by atoms with Crippen molar-refractivity contribution in [3.8, 4) is 5.69 Å². The SMILES string of the molecule is Cc1cc2c(c(-n3c(N)c4c(cc3=O)C(=O)NC4=O)c1)CCC2. The molecule has 0 atom stereocenters. The number of pyridine rings is 1. The number of carbonyl (C=O) groups excluding carboxylic acids is 2. The fourth-order valence-corrected chi connectivity index (χ4v) is 3.57. The number of nitrogens with one attached hydrogen (secondary N) is 1. The maximum absolute atomic E-state index is 12.6. The molecule has 6 nitrogen and oxygen atoms in total. The summed E-state index contributed by atoms with van der Waals surface area (Å²) in [5, 5.41) is 2.18. The average Bonchev–Trinajstić information content (AvgIpc) is 3.04. The molecule has 2 amide bonds. The van der Waals surface area contributed by atoms with Crippen LogP contribution < -0.4 is 16.6 Å². The molecule has 3 N–H and O–H groups in total. The van der Waals surface area contributed by atoms with Crippen molar-refractivity contribution in [2.45, 2.75) is 26.2 Å². The van der Waals surface area contributed by atoms with Gasteiger partial charge in [0.2, 0.25) is 0 Å². The maximum Gasteiger partial charge on any atom is 0.262 e. The van der Waals surface area contributed by atoms with Gasteiger partial charge in [-0.15, -0.1) is 0 Å². The van der Waals surface area contributed by atoms with Crippen molar-refractivity contribution in [2.24, 2.45) is 0 Å². The Hall–Kier alpha value is -2.89. The van der Waals surface area contributed by atoms with Crippen LogP contribution in [0, 0.1) is 6.92 Å². The molecule has 116 valence electrons. The van der Waals surface area contributed by atoms with Crippen molar-refractivity contribution >= 4 is 17.6 Å². The molecule has 0 spiro atoms. The number of nitrogen functional groups attached to an aromatic ring is 1. The monoisotopic (exact) mass is 309 g/mol. The molecule has 0 fully saturated rings. The number of aromatic nitrogens is 1. The molecular weight excluding hydrogens is 294 g/mol. The Labute approximate surface area is 131 Å². The molecule has 0 saturated heterocycles. The second-order valence-corrected chi connectivity index (χ2v) is 6.05. The summed E-state index contributed by atoms with van der Waals surface area (Å²) < 4.78 is 1.36. The summed E-state index contributed by atoms with van der Waals surface area (Å²) in [6, 6.07) is 5.22. The highest BCUT2D eigenvalue weighted by Crippen LogP contribution is 2.31. The van der Waals surface area contributed by atoms with E-state index in [0.717, 1.165) is 36.1 Å². The van der Waals surface area contributed by atoms with E-state index in [2.05, 4.69) is 11.4 Å². The van der Waals surface area contributed by atoms with Crippen molar-refractivity contribution in [3.63, 3.8) is 0 Å². The predicted molar refractivity (Wildman–Crippen MR) is 85.0 cm³/mol. The first-order valence-corrected chi connectivity index (χ1v) is 7.51. The number of aryl methyl sites for hydroxylation is 2. The molecule has 0 unspecified atom stereocenters. The van der Waals surface area contributed by atoms with Crippen LogP contribution in [0.2, 0.25) is 0 Å². The molecule has 1 aliphatic heterocycles. The lowest BCUT2D eigenvalue weighted by Gasteiger charge is -2.16. The number of fused-ring (bicyclic) bond motifs is 2. The molecule has 0 saturated carbocycles. The van der Waals surface area contributed by atoms with E-state index in [1.165, 1.54) is 16.2 Å². The highest BCUT2D eigenvalue weighted by molar-refractivity contribution is 6.23. The lowest BCUT2D eigenvalue weighted by atomic mass is 10.0. The van der Waals surface area contributed by atoms with E-state index >= 15 is 0 Å². The van der Waals surface area contributed by atoms with Gasteiger partial charge < -0.3 is 5.73 Å². The standard InChI is InChI=1S/C17H15N3O3/c1-8-5-9-3-2-4-10(9)12(6-8)20-13(21)7-11-14(15(20)18)17(23)19-16(11)22/h5-7H,2-4,18H2,1H3,(H,19,22,23). The number of hydrogen-bond acceptors (Lipinski definition) is 4. The zero-order valence-corrected chi connectivity index (χ0v) is 12.6. The van der Waals surface area contributed by atoms with Gasteiger partial charge in [0.1, 0.15) is 5.82 Å². The first-order valence-electron chi connectivity index (χ1n) is 7.51. The van der Waals surface area contributed by atoms with Crippen molar-refractivity contribution in [1.82, 2.24) is 9.88 Å². The van der Waals surface area contributed by atoms with E-state index in [-0.39, 0.29) is 16.9 Å². The second kappa shape index (κ2) is 4.55. The van der Waals surface area contributed by atoms with Gasteiger partial charge in [-0.2, -0.15) is 0 Å².